The highest BCUT2D eigenvalue weighted by atomic mass is 79.9. The van der Waals surface area contributed by atoms with Gasteiger partial charge in [0.15, 0.2) is 0 Å². The van der Waals surface area contributed by atoms with Gasteiger partial charge in [-0.05, 0) is 53.0 Å². The van der Waals surface area contributed by atoms with Crippen LogP contribution in [0.3, 0.4) is 0 Å². The van der Waals surface area contributed by atoms with Crippen LogP contribution >= 0.6 is 27.5 Å². The molecular weight excluding hydrogens is 357 g/mol. The van der Waals surface area contributed by atoms with Gasteiger partial charge in [0.2, 0.25) is 0 Å². The van der Waals surface area contributed by atoms with Gasteiger partial charge in [-0.2, -0.15) is 0 Å². The van der Waals surface area contributed by atoms with E-state index >= 15 is 0 Å². The average molecular weight is 373 g/mol. The Hall–Kier alpha value is -1.10. The second-order valence-electron chi connectivity index (χ2n) is 4.77. The summed E-state index contributed by atoms with van der Waals surface area (Å²) >= 11 is 9.59. The van der Waals surface area contributed by atoms with Gasteiger partial charge in [0.25, 0.3) is 0 Å². The number of hydrogen-bond acceptors (Lipinski definition) is 2. The lowest BCUT2D eigenvalue weighted by molar-refractivity contribution is 0.464. The maximum atomic E-state index is 13.3. The third kappa shape index (κ3) is 4.19. The molecule has 0 aromatic heterocycles. The fourth-order valence-corrected chi connectivity index (χ4v) is 2.48. The summed E-state index contributed by atoms with van der Waals surface area (Å²) in [5, 5.41) is 0.601. The van der Waals surface area contributed by atoms with E-state index in [-0.39, 0.29) is 11.9 Å². The molecule has 0 spiro atoms. The highest BCUT2D eigenvalue weighted by Gasteiger charge is 2.14. The minimum atomic E-state index is -0.359. The van der Waals surface area contributed by atoms with Crippen LogP contribution in [0.5, 0.6) is 11.5 Å². The Bertz CT molecular complexity index is 636. The minimum Gasteiger partial charge on any atom is -0.456 e. The molecule has 1 atom stereocenters. The first kappa shape index (κ1) is 16.3. The normalized spacial score (nSPS) is 12.2. The summed E-state index contributed by atoms with van der Waals surface area (Å²) in [6, 6.07) is 9.70. The molecule has 0 aliphatic heterocycles. The Morgan fingerprint density at radius 2 is 2.05 bits per heavy atom. The summed E-state index contributed by atoms with van der Waals surface area (Å²) in [6.07, 6.45) is 1.45. The maximum Gasteiger partial charge on any atom is 0.144 e. The van der Waals surface area contributed by atoms with Crippen molar-refractivity contribution in [1.82, 2.24) is 0 Å². The van der Waals surface area contributed by atoms with Crippen molar-refractivity contribution in [3.63, 3.8) is 0 Å². The standard InChI is InChI=1S/C16H16BrClFNO/c1-2-11(20)9-12-14(18)4-3-5-15(12)21-16-8-10(19)6-7-13(16)17/h3-8,11H,2,9,20H2,1H3. The molecule has 2 N–H and O–H groups in total. The summed E-state index contributed by atoms with van der Waals surface area (Å²) in [7, 11) is 0. The number of rotatable bonds is 5. The zero-order valence-corrected chi connectivity index (χ0v) is 13.9. The van der Waals surface area contributed by atoms with Crippen molar-refractivity contribution >= 4 is 27.5 Å². The SMILES string of the molecule is CCC(N)Cc1c(Cl)cccc1Oc1cc(F)ccc1Br. The first-order valence-corrected chi connectivity index (χ1v) is 7.84. The molecule has 2 aromatic carbocycles. The van der Waals surface area contributed by atoms with Gasteiger partial charge >= 0.3 is 0 Å². The Kier molecular flexibility index (Phi) is 5.62. The molecule has 0 radical (unpaired) electrons. The van der Waals surface area contributed by atoms with E-state index in [1.807, 2.05) is 6.92 Å². The fraction of sp³-hybridized carbons (Fsp3) is 0.250. The molecule has 1 unspecified atom stereocenters. The minimum absolute atomic E-state index is 0.00296. The monoisotopic (exact) mass is 371 g/mol. The van der Waals surface area contributed by atoms with Crippen LogP contribution in [0.4, 0.5) is 4.39 Å². The van der Waals surface area contributed by atoms with E-state index in [9.17, 15) is 4.39 Å². The molecule has 0 bridgehead atoms. The van der Waals surface area contributed by atoms with Crippen molar-refractivity contribution in [2.75, 3.05) is 0 Å². The van der Waals surface area contributed by atoms with E-state index in [4.69, 9.17) is 22.1 Å². The number of ether oxygens (including phenoxy) is 1. The lowest BCUT2D eigenvalue weighted by Gasteiger charge is -2.16. The summed E-state index contributed by atoms with van der Waals surface area (Å²) < 4.78 is 19.8. The lowest BCUT2D eigenvalue weighted by atomic mass is 10.0. The Balaban J connectivity index is 2.35. The zero-order valence-electron chi connectivity index (χ0n) is 11.6. The van der Waals surface area contributed by atoms with Crippen molar-refractivity contribution in [1.29, 1.82) is 0 Å². The average Bonchev–Trinajstić information content (AvgIpc) is 2.46. The Morgan fingerprint density at radius 1 is 1.29 bits per heavy atom. The molecular formula is C16H16BrClFNO. The molecule has 21 heavy (non-hydrogen) atoms. The van der Waals surface area contributed by atoms with Crippen molar-refractivity contribution in [2.45, 2.75) is 25.8 Å². The number of hydrogen-bond donors (Lipinski definition) is 1. The van der Waals surface area contributed by atoms with Gasteiger partial charge in [0.1, 0.15) is 17.3 Å². The first-order chi connectivity index (χ1) is 10.0. The van der Waals surface area contributed by atoms with Crippen LogP contribution in [0.1, 0.15) is 18.9 Å². The van der Waals surface area contributed by atoms with Crippen molar-refractivity contribution < 1.29 is 9.13 Å². The fourth-order valence-electron chi connectivity index (χ4n) is 1.91. The predicted octanol–water partition coefficient (Wildman–Crippen LogP) is 5.31. The van der Waals surface area contributed by atoms with Crippen molar-refractivity contribution in [2.24, 2.45) is 5.73 Å². The van der Waals surface area contributed by atoms with Crippen LogP contribution < -0.4 is 10.5 Å². The van der Waals surface area contributed by atoms with Gasteiger partial charge in [0.05, 0.1) is 4.47 Å². The summed E-state index contributed by atoms with van der Waals surface area (Å²) in [6.45, 7) is 2.02. The molecule has 0 saturated heterocycles. The largest absolute Gasteiger partial charge is 0.456 e. The predicted molar refractivity (Wildman–Crippen MR) is 87.6 cm³/mol. The van der Waals surface area contributed by atoms with E-state index in [1.165, 1.54) is 12.1 Å². The highest BCUT2D eigenvalue weighted by Crippen LogP contribution is 2.35. The number of benzene rings is 2. The van der Waals surface area contributed by atoms with Gasteiger partial charge in [-0.25, -0.2) is 4.39 Å². The molecule has 5 heteroatoms. The molecule has 0 aliphatic carbocycles. The summed E-state index contributed by atoms with van der Waals surface area (Å²) in [5.74, 6) is 0.642. The van der Waals surface area contributed by atoms with Crippen LogP contribution in [-0.2, 0) is 6.42 Å². The Morgan fingerprint density at radius 3 is 2.76 bits per heavy atom. The molecule has 112 valence electrons. The van der Waals surface area contributed by atoms with Gasteiger partial charge in [-0.3, -0.25) is 0 Å². The maximum absolute atomic E-state index is 13.3. The van der Waals surface area contributed by atoms with E-state index in [1.54, 1.807) is 24.3 Å². The van der Waals surface area contributed by atoms with Crippen LogP contribution in [0, 0.1) is 5.82 Å². The molecule has 2 nitrogen and oxygen atoms in total. The van der Waals surface area contributed by atoms with Crippen LogP contribution in [-0.4, -0.2) is 6.04 Å². The number of nitrogens with two attached hydrogens (primary N) is 1. The van der Waals surface area contributed by atoms with Gasteiger partial charge < -0.3 is 10.5 Å². The van der Waals surface area contributed by atoms with Crippen LogP contribution in [0.2, 0.25) is 5.02 Å². The smallest absolute Gasteiger partial charge is 0.144 e. The third-order valence-corrected chi connectivity index (χ3v) is 4.19. The first-order valence-electron chi connectivity index (χ1n) is 6.67. The molecule has 0 fully saturated rings. The van der Waals surface area contributed by atoms with Crippen molar-refractivity contribution in [3.8, 4) is 11.5 Å². The van der Waals surface area contributed by atoms with Gasteiger partial charge in [-0.15, -0.1) is 0 Å². The van der Waals surface area contributed by atoms with Crippen molar-refractivity contribution in [3.05, 3.63) is 57.3 Å². The highest BCUT2D eigenvalue weighted by molar-refractivity contribution is 9.10. The van der Waals surface area contributed by atoms with Gasteiger partial charge in [-0.1, -0.05) is 24.6 Å². The quantitative estimate of drug-likeness (QED) is 0.771. The topological polar surface area (TPSA) is 35.2 Å². The molecule has 2 aromatic rings. The molecule has 0 aliphatic rings. The van der Waals surface area contributed by atoms with Crippen LogP contribution in [0.15, 0.2) is 40.9 Å². The molecule has 0 amide bonds. The third-order valence-electron chi connectivity index (χ3n) is 3.18. The van der Waals surface area contributed by atoms with E-state index < -0.39 is 0 Å². The molecule has 0 heterocycles. The molecule has 2 rings (SSSR count). The van der Waals surface area contributed by atoms with E-state index in [2.05, 4.69) is 15.9 Å². The zero-order chi connectivity index (χ0) is 15.4. The van der Waals surface area contributed by atoms with E-state index in [0.717, 1.165) is 12.0 Å². The van der Waals surface area contributed by atoms with Crippen LogP contribution in [0.25, 0.3) is 0 Å². The summed E-state index contributed by atoms with van der Waals surface area (Å²) in [4.78, 5) is 0. The second kappa shape index (κ2) is 7.25. The number of halogens is 3. The summed E-state index contributed by atoms with van der Waals surface area (Å²) in [5.41, 5.74) is 6.84. The van der Waals surface area contributed by atoms with E-state index in [0.29, 0.717) is 27.4 Å². The van der Waals surface area contributed by atoms with Gasteiger partial charge in [0, 0.05) is 22.7 Å². The molecule has 0 saturated carbocycles. The lowest BCUT2D eigenvalue weighted by Crippen LogP contribution is -2.21. The second-order valence-corrected chi connectivity index (χ2v) is 6.03. The Labute approximate surface area is 137 Å².